The maximum atomic E-state index is 13.0. The van der Waals surface area contributed by atoms with Gasteiger partial charge >= 0.3 is 18.2 Å². The van der Waals surface area contributed by atoms with Crippen molar-refractivity contribution in [1.82, 2.24) is 30.1 Å². The van der Waals surface area contributed by atoms with Gasteiger partial charge < -0.3 is 15.1 Å². The molecule has 0 aliphatic carbocycles. The Hall–Kier alpha value is -3.70. The highest BCUT2D eigenvalue weighted by molar-refractivity contribution is 6.08. The molecular weight excluding hydrogens is 451 g/mol. The van der Waals surface area contributed by atoms with E-state index in [2.05, 4.69) is 20.4 Å². The zero-order valence-electron chi connectivity index (χ0n) is 18.9. The smallest absolute Gasteiger partial charge is 0.330 e. The number of nitrogens with zero attached hydrogens (tertiary/aromatic N) is 6. The number of urea groups is 2. The van der Waals surface area contributed by atoms with Crippen LogP contribution in [0.1, 0.15) is 35.5 Å². The molecule has 0 saturated carbocycles. The zero-order valence-corrected chi connectivity index (χ0v) is 18.9. The van der Waals surface area contributed by atoms with Crippen LogP contribution in [0, 0.1) is 6.92 Å². The normalized spacial score (nSPS) is 19.5. The van der Waals surface area contributed by atoms with Crippen molar-refractivity contribution in [2.45, 2.75) is 32.1 Å². The third-order valence-electron chi connectivity index (χ3n) is 5.86. The first-order valence-corrected chi connectivity index (χ1v) is 10.7. The molecule has 2 aliphatic rings. The van der Waals surface area contributed by atoms with Crippen molar-refractivity contribution < 1.29 is 22.8 Å². The number of aryl methyl sites for hydroxylation is 1. The quantitative estimate of drug-likeness (QED) is 0.736. The summed E-state index contributed by atoms with van der Waals surface area (Å²) < 4.78 is 38.1. The van der Waals surface area contributed by atoms with Crippen molar-refractivity contribution >= 4 is 17.8 Å². The molecule has 4 rings (SSSR count). The molecule has 3 heterocycles. The lowest BCUT2D eigenvalue weighted by atomic mass is 10.0. The first-order valence-electron chi connectivity index (χ1n) is 10.7. The van der Waals surface area contributed by atoms with Gasteiger partial charge in [-0.1, -0.05) is 29.8 Å². The second kappa shape index (κ2) is 8.92. The van der Waals surface area contributed by atoms with Gasteiger partial charge in [-0.25, -0.2) is 24.6 Å². The number of aromatic nitrogens is 2. The first-order chi connectivity index (χ1) is 16.0. The van der Waals surface area contributed by atoms with Gasteiger partial charge in [0.15, 0.2) is 0 Å². The summed E-state index contributed by atoms with van der Waals surface area (Å²) in [6.07, 6.45) is -2.57. The van der Waals surface area contributed by atoms with Crippen molar-refractivity contribution in [2.75, 3.05) is 26.7 Å². The molecule has 1 N–H and O–H groups in total. The van der Waals surface area contributed by atoms with Crippen LogP contribution in [0.2, 0.25) is 0 Å². The summed E-state index contributed by atoms with van der Waals surface area (Å²) >= 11 is 0. The summed E-state index contributed by atoms with van der Waals surface area (Å²) in [4.78, 5) is 35.6. The number of amides is 4. The Labute approximate surface area is 194 Å². The number of alkyl halides is 3. The summed E-state index contributed by atoms with van der Waals surface area (Å²) in [5.41, 5.74) is 2.79. The largest absolute Gasteiger partial charge is 0.451 e. The van der Waals surface area contributed by atoms with Crippen LogP contribution in [0.4, 0.5) is 22.8 Å². The van der Waals surface area contributed by atoms with E-state index in [0.717, 1.165) is 23.5 Å². The molecule has 1 aromatic carbocycles. The highest BCUT2D eigenvalue weighted by Crippen LogP contribution is 2.26. The fourth-order valence-corrected chi connectivity index (χ4v) is 3.85. The van der Waals surface area contributed by atoms with Gasteiger partial charge in [0.2, 0.25) is 5.82 Å². The second-order valence-corrected chi connectivity index (χ2v) is 8.36. The molecule has 0 spiro atoms. The number of hydrazone groups is 1. The monoisotopic (exact) mass is 475 g/mol. The maximum absolute atomic E-state index is 13.0. The van der Waals surface area contributed by atoms with Crippen LogP contribution in [0.15, 0.2) is 41.8 Å². The minimum absolute atomic E-state index is 0.137. The van der Waals surface area contributed by atoms with Gasteiger partial charge in [0.1, 0.15) is 0 Å². The van der Waals surface area contributed by atoms with Crippen LogP contribution in [0.5, 0.6) is 0 Å². The molecule has 1 saturated heterocycles. The molecule has 2 aliphatic heterocycles. The molecule has 12 heteroatoms. The zero-order chi connectivity index (χ0) is 24.6. The van der Waals surface area contributed by atoms with E-state index in [1.807, 2.05) is 31.2 Å². The molecule has 0 unspecified atom stereocenters. The number of likely N-dealkylation sites (N-methyl/N-ethyl adjacent to an activating group) is 1. The Morgan fingerprint density at radius 1 is 1.15 bits per heavy atom. The van der Waals surface area contributed by atoms with E-state index in [1.54, 1.807) is 23.8 Å². The Morgan fingerprint density at radius 2 is 1.79 bits per heavy atom. The number of hydrogen-bond acceptors (Lipinski definition) is 5. The van der Waals surface area contributed by atoms with E-state index < -0.39 is 30.1 Å². The lowest BCUT2D eigenvalue weighted by Crippen LogP contribution is -2.47. The number of carbonyl (C=O) groups excluding carboxylic acids is 2. The lowest BCUT2D eigenvalue weighted by molar-refractivity contribution is -0.145. The van der Waals surface area contributed by atoms with Crippen molar-refractivity contribution in [3.63, 3.8) is 0 Å². The van der Waals surface area contributed by atoms with Crippen LogP contribution in [0.3, 0.4) is 0 Å². The minimum Gasteiger partial charge on any atom is -0.330 e. The molecule has 1 fully saturated rings. The highest BCUT2D eigenvalue weighted by atomic mass is 19.4. The number of halogens is 3. The molecule has 2 atom stereocenters. The molecule has 1 aromatic heterocycles. The van der Waals surface area contributed by atoms with Gasteiger partial charge in [-0.3, -0.25) is 0 Å². The molecule has 34 heavy (non-hydrogen) atoms. The Bertz CT molecular complexity index is 1100. The van der Waals surface area contributed by atoms with Gasteiger partial charge in [0.05, 0.1) is 24.3 Å². The lowest BCUT2D eigenvalue weighted by Gasteiger charge is -2.25. The molecule has 4 amide bonds. The standard InChI is InChI=1S/C22H24F3N7O2/c1-13-4-6-15(7-5-13)18-17(31-9-8-30(3)21(31)34)12-32(29-18)20(33)28-14(2)16-10-26-19(27-11-16)22(23,24)25/h4-7,10-11,14,17H,8-9,12H2,1-3H3,(H,28,33)/t14-,17+/m1/s1. The summed E-state index contributed by atoms with van der Waals surface area (Å²) in [6, 6.07) is 5.90. The molecule has 0 radical (unpaired) electrons. The van der Waals surface area contributed by atoms with Gasteiger partial charge in [-0.2, -0.15) is 18.3 Å². The summed E-state index contributed by atoms with van der Waals surface area (Å²) in [7, 11) is 1.72. The van der Waals surface area contributed by atoms with E-state index in [9.17, 15) is 22.8 Å². The SMILES string of the molecule is Cc1ccc(C2=NN(C(=O)N[C@H](C)c3cnc(C(F)(F)F)nc3)C[C@@H]2N2CCN(C)C2=O)cc1. The van der Waals surface area contributed by atoms with E-state index in [1.165, 1.54) is 5.01 Å². The molecule has 9 nitrogen and oxygen atoms in total. The predicted octanol–water partition coefficient (Wildman–Crippen LogP) is 3.03. The summed E-state index contributed by atoms with van der Waals surface area (Å²) in [6.45, 7) is 4.82. The van der Waals surface area contributed by atoms with Crippen LogP contribution < -0.4 is 5.32 Å². The van der Waals surface area contributed by atoms with E-state index in [4.69, 9.17) is 0 Å². The van der Waals surface area contributed by atoms with Gasteiger partial charge in [0.25, 0.3) is 0 Å². The summed E-state index contributed by atoms with van der Waals surface area (Å²) in [5, 5.41) is 8.47. The van der Waals surface area contributed by atoms with E-state index in [0.29, 0.717) is 24.4 Å². The third kappa shape index (κ3) is 4.66. The van der Waals surface area contributed by atoms with Crippen LogP contribution in [-0.4, -0.2) is 75.3 Å². The second-order valence-electron chi connectivity index (χ2n) is 8.36. The van der Waals surface area contributed by atoms with Crippen LogP contribution in [-0.2, 0) is 6.18 Å². The Balaban J connectivity index is 1.53. The number of nitrogens with one attached hydrogen (secondary N) is 1. The first kappa shape index (κ1) is 23.5. The van der Waals surface area contributed by atoms with Crippen molar-refractivity contribution in [3.8, 4) is 0 Å². The topological polar surface area (TPSA) is 94.0 Å². The maximum Gasteiger partial charge on any atom is 0.451 e. The van der Waals surface area contributed by atoms with Crippen LogP contribution in [0.25, 0.3) is 0 Å². The van der Waals surface area contributed by atoms with E-state index in [-0.39, 0.29) is 12.6 Å². The summed E-state index contributed by atoms with van der Waals surface area (Å²) in [5.74, 6) is -1.25. The Kier molecular flexibility index (Phi) is 6.15. The van der Waals surface area contributed by atoms with Crippen molar-refractivity contribution in [1.29, 1.82) is 0 Å². The molecule has 180 valence electrons. The van der Waals surface area contributed by atoms with Crippen molar-refractivity contribution in [3.05, 3.63) is 59.2 Å². The highest BCUT2D eigenvalue weighted by Gasteiger charge is 2.41. The molecule has 0 bridgehead atoms. The Morgan fingerprint density at radius 3 is 2.35 bits per heavy atom. The fourth-order valence-electron chi connectivity index (χ4n) is 3.85. The fraction of sp³-hybridized carbons (Fsp3) is 0.409. The number of hydrogen-bond donors (Lipinski definition) is 1. The average Bonchev–Trinajstić information content (AvgIpc) is 3.37. The van der Waals surface area contributed by atoms with Crippen molar-refractivity contribution in [2.24, 2.45) is 5.10 Å². The van der Waals surface area contributed by atoms with Gasteiger partial charge in [-0.05, 0) is 19.4 Å². The van der Waals surface area contributed by atoms with Crippen LogP contribution >= 0.6 is 0 Å². The third-order valence-corrected chi connectivity index (χ3v) is 5.86. The van der Waals surface area contributed by atoms with Gasteiger partial charge in [-0.15, -0.1) is 0 Å². The predicted molar refractivity (Wildman–Crippen MR) is 117 cm³/mol. The van der Waals surface area contributed by atoms with Gasteiger partial charge in [0, 0.05) is 38.1 Å². The number of benzene rings is 1. The van der Waals surface area contributed by atoms with E-state index >= 15 is 0 Å². The number of carbonyl (C=O) groups is 2. The number of rotatable bonds is 4. The minimum atomic E-state index is -4.64. The molecular formula is C22H24F3N7O2. The average molecular weight is 475 g/mol. The molecule has 2 aromatic rings.